The summed E-state index contributed by atoms with van der Waals surface area (Å²) in [6.07, 6.45) is 1.46. The Bertz CT molecular complexity index is 571. The van der Waals surface area contributed by atoms with Crippen molar-refractivity contribution in [2.24, 2.45) is 11.7 Å². The molecule has 1 heterocycles. The molecule has 1 aromatic carbocycles. The molecule has 3 N–H and O–H groups in total. The zero-order chi connectivity index (χ0) is 17.0. The Balaban J connectivity index is 1.90. The first-order valence-electron chi connectivity index (χ1n) is 8.01. The van der Waals surface area contributed by atoms with Gasteiger partial charge in [0.2, 0.25) is 5.91 Å². The number of primary amides is 1. The van der Waals surface area contributed by atoms with Crippen LogP contribution in [0.3, 0.4) is 0 Å². The summed E-state index contributed by atoms with van der Waals surface area (Å²) < 4.78 is 13.2. The second-order valence-electron chi connectivity index (χ2n) is 6.38. The molecular weight excluding hydrogens is 297 g/mol. The van der Waals surface area contributed by atoms with Gasteiger partial charge in [-0.15, -0.1) is 0 Å². The van der Waals surface area contributed by atoms with Gasteiger partial charge in [-0.25, -0.2) is 4.39 Å². The van der Waals surface area contributed by atoms with Crippen molar-refractivity contribution >= 4 is 11.8 Å². The third-order valence-electron chi connectivity index (χ3n) is 4.70. The average Bonchev–Trinajstić information content (AvgIpc) is 2.53. The fourth-order valence-electron chi connectivity index (χ4n) is 3.20. The SMILES string of the molecule is C[C@@H](C(=O)N(C)Cc1cccc(F)c1)[NH+]1CCC(C(N)=O)CC1. The molecule has 2 amide bonds. The molecule has 0 saturated carbocycles. The molecule has 0 aliphatic carbocycles. The summed E-state index contributed by atoms with van der Waals surface area (Å²) in [6, 6.07) is 6.11. The molecule has 1 aliphatic rings. The Hall–Kier alpha value is -1.95. The number of amides is 2. The van der Waals surface area contributed by atoms with Gasteiger partial charge in [-0.05, 0) is 24.6 Å². The fraction of sp³-hybridized carbons (Fsp3) is 0.529. The maximum absolute atomic E-state index is 13.2. The lowest BCUT2D eigenvalue weighted by Gasteiger charge is -2.33. The summed E-state index contributed by atoms with van der Waals surface area (Å²) in [5.74, 6) is -0.574. The molecule has 0 unspecified atom stereocenters. The van der Waals surface area contributed by atoms with E-state index in [0.29, 0.717) is 6.54 Å². The van der Waals surface area contributed by atoms with Crippen molar-refractivity contribution in [3.8, 4) is 0 Å². The van der Waals surface area contributed by atoms with Crippen LogP contribution in [0.2, 0.25) is 0 Å². The smallest absolute Gasteiger partial charge is 0.280 e. The maximum Gasteiger partial charge on any atom is 0.280 e. The van der Waals surface area contributed by atoms with Crippen LogP contribution in [0.1, 0.15) is 25.3 Å². The van der Waals surface area contributed by atoms with Gasteiger partial charge in [0.15, 0.2) is 6.04 Å². The Morgan fingerprint density at radius 3 is 2.61 bits per heavy atom. The van der Waals surface area contributed by atoms with Gasteiger partial charge in [0.25, 0.3) is 5.91 Å². The lowest BCUT2D eigenvalue weighted by Crippen LogP contribution is -3.17. The van der Waals surface area contributed by atoms with Crippen LogP contribution in [0.15, 0.2) is 24.3 Å². The van der Waals surface area contributed by atoms with E-state index in [9.17, 15) is 14.0 Å². The van der Waals surface area contributed by atoms with E-state index in [1.165, 1.54) is 17.0 Å². The first-order valence-corrected chi connectivity index (χ1v) is 8.01. The van der Waals surface area contributed by atoms with Crippen LogP contribution in [0, 0.1) is 11.7 Å². The predicted molar refractivity (Wildman–Crippen MR) is 85.0 cm³/mol. The molecule has 1 fully saturated rings. The number of nitrogens with one attached hydrogen (secondary N) is 1. The zero-order valence-corrected chi connectivity index (χ0v) is 13.7. The lowest BCUT2D eigenvalue weighted by atomic mass is 9.95. The summed E-state index contributed by atoms with van der Waals surface area (Å²) in [5.41, 5.74) is 6.11. The molecule has 0 bridgehead atoms. The summed E-state index contributed by atoms with van der Waals surface area (Å²) in [5, 5.41) is 0. The highest BCUT2D eigenvalue weighted by atomic mass is 19.1. The van der Waals surface area contributed by atoms with Crippen molar-refractivity contribution in [1.82, 2.24) is 4.90 Å². The van der Waals surface area contributed by atoms with Crippen molar-refractivity contribution in [3.63, 3.8) is 0 Å². The number of piperidine rings is 1. The van der Waals surface area contributed by atoms with Gasteiger partial charge >= 0.3 is 0 Å². The molecule has 1 aromatic rings. The first kappa shape index (κ1) is 17.4. The Kier molecular flexibility index (Phi) is 5.71. The molecule has 1 atom stereocenters. The summed E-state index contributed by atoms with van der Waals surface area (Å²) in [4.78, 5) is 26.6. The molecule has 0 aromatic heterocycles. The van der Waals surface area contributed by atoms with Gasteiger partial charge < -0.3 is 15.5 Å². The number of likely N-dealkylation sites (tertiary alicyclic amines) is 1. The van der Waals surface area contributed by atoms with Crippen molar-refractivity contribution in [2.45, 2.75) is 32.4 Å². The van der Waals surface area contributed by atoms with E-state index in [1.807, 2.05) is 13.0 Å². The fourth-order valence-corrected chi connectivity index (χ4v) is 3.20. The standard InChI is InChI=1S/C17H24FN3O2/c1-12(21-8-6-14(7-9-21)16(19)22)17(23)20(2)11-13-4-3-5-15(18)10-13/h3-5,10,12,14H,6-9,11H2,1-2H3,(H2,19,22)/p+1/t12-/m0/s1. The van der Waals surface area contributed by atoms with Crippen LogP contribution >= 0.6 is 0 Å². The van der Waals surface area contributed by atoms with Crippen molar-refractivity contribution < 1.29 is 18.9 Å². The highest BCUT2D eigenvalue weighted by Crippen LogP contribution is 2.10. The van der Waals surface area contributed by atoms with Crippen molar-refractivity contribution in [2.75, 3.05) is 20.1 Å². The van der Waals surface area contributed by atoms with Crippen molar-refractivity contribution in [3.05, 3.63) is 35.6 Å². The van der Waals surface area contributed by atoms with E-state index in [1.54, 1.807) is 18.0 Å². The van der Waals surface area contributed by atoms with E-state index in [0.717, 1.165) is 31.5 Å². The van der Waals surface area contributed by atoms with Crippen LogP contribution in [0.4, 0.5) is 4.39 Å². The third-order valence-corrected chi connectivity index (χ3v) is 4.70. The number of hydrogen-bond acceptors (Lipinski definition) is 2. The molecule has 1 aliphatic heterocycles. The monoisotopic (exact) mass is 322 g/mol. The number of quaternary nitrogens is 1. The van der Waals surface area contributed by atoms with Gasteiger partial charge in [-0.3, -0.25) is 9.59 Å². The number of nitrogens with two attached hydrogens (primary N) is 1. The zero-order valence-electron chi connectivity index (χ0n) is 13.7. The minimum absolute atomic E-state index is 0.0294. The van der Waals surface area contributed by atoms with Crippen LogP contribution in [-0.4, -0.2) is 42.9 Å². The number of carbonyl (C=O) groups excluding carboxylic acids is 2. The second kappa shape index (κ2) is 7.55. The van der Waals surface area contributed by atoms with Crippen LogP contribution < -0.4 is 10.6 Å². The number of carbonyl (C=O) groups is 2. The minimum atomic E-state index is -0.296. The minimum Gasteiger partial charge on any atom is -0.369 e. The van der Waals surface area contributed by atoms with E-state index in [4.69, 9.17) is 5.73 Å². The third kappa shape index (κ3) is 4.51. The van der Waals surface area contributed by atoms with E-state index in [-0.39, 0.29) is 29.6 Å². The van der Waals surface area contributed by atoms with Crippen LogP contribution in [0.25, 0.3) is 0 Å². The highest BCUT2D eigenvalue weighted by Gasteiger charge is 2.33. The van der Waals surface area contributed by atoms with Crippen LogP contribution in [-0.2, 0) is 16.1 Å². The molecule has 1 saturated heterocycles. The molecule has 0 radical (unpaired) electrons. The normalized spacial score (nSPS) is 22.4. The van der Waals surface area contributed by atoms with E-state index < -0.39 is 0 Å². The van der Waals surface area contributed by atoms with Crippen LogP contribution in [0.5, 0.6) is 0 Å². The van der Waals surface area contributed by atoms with Gasteiger partial charge in [-0.2, -0.15) is 0 Å². The summed E-state index contributed by atoms with van der Waals surface area (Å²) >= 11 is 0. The Morgan fingerprint density at radius 1 is 1.39 bits per heavy atom. The number of likely N-dealkylation sites (N-methyl/N-ethyl adjacent to an activating group) is 1. The quantitative estimate of drug-likeness (QED) is 0.798. The average molecular weight is 322 g/mol. The molecule has 6 heteroatoms. The van der Waals surface area contributed by atoms with E-state index in [2.05, 4.69) is 0 Å². The molecule has 0 spiro atoms. The Morgan fingerprint density at radius 2 is 2.04 bits per heavy atom. The number of hydrogen-bond donors (Lipinski definition) is 2. The van der Waals surface area contributed by atoms with Gasteiger partial charge in [0.1, 0.15) is 5.82 Å². The number of halogens is 1. The Labute approximate surface area is 136 Å². The van der Waals surface area contributed by atoms with Gasteiger partial charge in [0, 0.05) is 32.4 Å². The lowest BCUT2D eigenvalue weighted by molar-refractivity contribution is -0.920. The van der Waals surface area contributed by atoms with Gasteiger partial charge in [0.05, 0.1) is 13.1 Å². The second-order valence-corrected chi connectivity index (χ2v) is 6.38. The molecule has 23 heavy (non-hydrogen) atoms. The molecular formula is C17H25FN3O2+. The molecule has 2 rings (SSSR count). The number of rotatable bonds is 5. The summed E-state index contributed by atoms with van der Waals surface area (Å²) in [6.45, 7) is 3.84. The first-order chi connectivity index (χ1) is 10.9. The molecule has 5 nitrogen and oxygen atoms in total. The van der Waals surface area contributed by atoms with E-state index >= 15 is 0 Å². The maximum atomic E-state index is 13.2. The van der Waals surface area contributed by atoms with Crippen molar-refractivity contribution in [1.29, 1.82) is 0 Å². The largest absolute Gasteiger partial charge is 0.369 e. The predicted octanol–water partition coefficient (Wildman–Crippen LogP) is -0.0472. The topological polar surface area (TPSA) is 67.8 Å². The highest BCUT2D eigenvalue weighted by molar-refractivity contribution is 5.80. The number of benzene rings is 1. The molecule has 126 valence electrons. The van der Waals surface area contributed by atoms with Gasteiger partial charge in [-0.1, -0.05) is 12.1 Å². The summed E-state index contributed by atoms with van der Waals surface area (Å²) in [7, 11) is 1.74. The number of nitrogens with zero attached hydrogens (tertiary/aromatic N) is 1.